The molecule has 0 amide bonds. The van der Waals surface area contributed by atoms with Gasteiger partial charge in [0.25, 0.3) is 0 Å². The van der Waals surface area contributed by atoms with Crippen molar-refractivity contribution < 1.29 is 0 Å². The largest absolute Gasteiger partial charge is 0.323 e. The normalized spacial score (nSPS) is 32.3. The quantitative estimate of drug-likeness (QED) is 0.0909. The predicted molar refractivity (Wildman–Crippen MR) is 351 cm³/mol. The summed E-state index contributed by atoms with van der Waals surface area (Å²) in [6.45, 7) is 10.9. The fourth-order valence-electron chi connectivity index (χ4n) is 20.2. The lowest BCUT2D eigenvalue weighted by Crippen LogP contribution is -2.45. The SMILES string of the molecule is NC1(c2nc3ccccc3n2C2CCN(CC3CCCCCC3)CC2)CCC(C2CCCCC(CN3CCC(n4c(C5(N)CCC(C6CCCCCC6CN6CCC(n7c(C8(N)CC8)nc8ccccc87)CC6)C5)nc5ccccc54)CC3)C2)CC1. The highest BCUT2D eigenvalue weighted by molar-refractivity contribution is 5.78. The van der Waals surface area contributed by atoms with Gasteiger partial charge in [-0.05, 0) is 213 Å². The fraction of sp³-hybridized carbons (Fsp3) is 0.716. The van der Waals surface area contributed by atoms with Crippen LogP contribution in [0, 0.1) is 41.4 Å². The van der Waals surface area contributed by atoms with E-state index >= 15 is 0 Å². The van der Waals surface area contributed by atoms with Crippen LogP contribution in [0.4, 0.5) is 0 Å². The van der Waals surface area contributed by atoms with Crippen LogP contribution in [0.1, 0.15) is 235 Å². The lowest BCUT2D eigenvalue weighted by atomic mass is 9.69. The molecule has 12 heteroatoms. The molecule has 0 bridgehead atoms. The van der Waals surface area contributed by atoms with Crippen molar-refractivity contribution in [3.8, 4) is 0 Å². The Balaban J connectivity index is 0.565. The monoisotopic (exact) mass is 1160 g/mol. The van der Waals surface area contributed by atoms with E-state index in [9.17, 15) is 0 Å². The van der Waals surface area contributed by atoms with E-state index in [-0.39, 0.29) is 16.6 Å². The van der Waals surface area contributed by atoms with Crippen LogP contribution < -0.4 is 17.2 Å². The van der Waals surface area contributed by atoms with E-state index in [1.165, 1.54) is 235 Å². The number of aromatic nitrogens is 6. The van der Waals surface area contributed by atoms with E-state index in [0.717, 1.165) is 109 Å². The van der Waals surface area contributed by atoms with E-state index < -0.39 is 0 Å². The number of nitrogens with two attached hydrogens (primary N) is 3. The first-order valence-corrected chi connectivity index (χ1v) is 36.1. The number of imidazole rings is 3. The Morgan fingerprint density at radius 3 is 1.29 bits per heavy atom. The van der Waals surface area contributed by atoms with Crippen molar-refractivity contribution in [2.24, 2.45) is 58.6 Å². The van der Waals surface area contributed by atoms with E-state index in [0.29, 0.717) is 24.0 Å². The molecule has 6 aliphatic carbocycles. The van der Waals surface area contributed by atoms with Crippen LogP contribution in [0.25, 0.3) is 33.1 Å². The number of para-hydroxylation sites is 6. The molecule has 0 spiro atoms. The fourth-order valence-corrected chi connectivity index (χ4v) is 20.2. The van der Waals surface area contributed by atoms with E-state index in [1.807, 2.05) is 0 Å². The molecule has 3 aliphatic heterocycles. The Bertz CT molecular complexity index is 3220. The molecule has 86 heavy (non-hydrogen) atoms. The minimum atomic E-state index is -0.388. The first-order valence-electron chi connectivity index (χ1n) is 36.1. The Hall–Kier alpha value is -4.17. The molecule has 0 radical (unpaired) electrons. The van der Waals surface area contributed by atoms with Crippen molar-refractivity contribution in [2.75, 3.05) is 58.9 Å². The summed E-state index contributed by atoms with van der Waals surface area (Å²) in [5.74, 6) is 8.95. The lowest BCUT2D eigenvalue weighted by Gasteiger charge is -2.42. The van der Waals surface area contributed by atoms with Crippen molar-refractivity contribution in [2.45, 2.75) is 234 Å². The average Bonchev–Trinajstić information content (AvgIpc) is 1.67. The summed E-state index contributed by atoms with van der Waals surface area (Å²) < 4.78 is 7.94. The summed E-state index contributed by atoms with van der Waals surface area (Å²) in [6, 6.07) is 28.1. The molecule has 3 aromatic heterocycles. The number of rotatable bonds is 14. The van der Waals surface area contributed by atoms with Gasteiger partial charge < -0.3 is 45.6 Å². The molecular formula is C74H108N12. The molecule has 6 N–H and O–H groups in total. The molecule has 6 heterocycles. The van der Waals surface area contributed by atoms with Crippen LogP contribution in [0.2, 0.25) is 0 Å². The number of hydrogen-bond donors (Lipinski definition) is 3. The third kappa shape index (κ3) is 11.8. The number of benzene rings is 3. The zero-order valence-corrected chi connectivity index (χ0v) is 52.7. The summed E-state index contributed by atoms with van der Waals surface area (Å²) >= 11 is 0. The summed E-state index contributed by atoms with van der Waals surface area (Å²) in [7, 11) is 0. The van der Waals surface area contributed by atoms with Crippen molar-refractivity contribution >= 4 is 33.1 Å². The Kier molecular flexibility index (Phi) is 16.9. The molecule has 9 aliphatic rings. The topological polar surface area (TPSA) is 141 Å². The highest BCUT2D eigenvalue weighted by Gasteiger charge is 2.49. The van der Waals surface area contributed by atoms with E-state index in [2.05, 4.69) is 101 Å². The second kappa shape index (κ2) is 24.9. The number of fused-ring (bicyclic) bond motifs is 3. The van der Waals surface area contributed by atoms with E-state index in [4.69, 9.17) is 32.2 Å². The molecule has 3 aromatic carbocycles. The molecule has 6 aromatic rings. The Morgan fingerprint density at radius 1 is 0.360 bits per heavy atom. The zero-order chi connectivity index (χ0) is 57.8. The smallest absolute Gasteiger partial charge is 0.130 e. The van der Waals surface area contributed by atoms with Gasteiger partial charge in [-0.2, -0.15) is 0 Å². The molecule has 6 atom stereocenters. The maximum atomic E-state index is 7.90. The lowest BCUT2D eigenvalue weighted by molar-refractivity contribution is 0.112. The summed E-state index contributed by atoms with van der Waals surface area (Å²) in [4.78, 5) is 24.7. The van der Waals surface area contributed by atoms with Crippen molar-refractivity contribution in [3.63, 3.8) is 0 Å². The Morgan fingerprint density at radius 2 is 0.756 bits per heavy atom. The van der Waals surface area contributed by atoms with Crippen LogP contribution in [-0.2, 0) is 16.6 Å². The minimum absolute atomic E-state index is 0.239. The second-order valence-corrected chi connectivity index (χ2v) is 30.9. The van der Waals surface area contributed by atoms with Crippen LogP contribution in [0.3, 0.4) is 0 Å². The second-order valence-electron chi connectivity index (χ2n) is 30.9. The first-order chi connectivity index (χ1) is 42.1. The van der Waals surface area contributed by atoms with Gasteiger partial charge in [-0.15, -0.1) is 0 Å². The van der Waals surface area contributed by atoms with Gasteiger partial charge in [0.15, 0.2) is 0 Å². The minimum Gasteiger partial charge on any atom is -0.323 e. The molecule has 12 nitrogen and oxygen atoms in total. The molecule has 6 unspecified atom stereocenters. The third-order valence-corrected chi connectivity index (χ3v) is 25.3. The summed E-state index contributed by atoms with van der Waals surface area (Å²) in [5.41, 5.74) is 28.8. The van der Waals surface area contributed by atoms with E-state index in [1.54, 1.807) is 0 Å². The Labute approximate surface area is 515 Å². The van der Waals surface area contributed by atoms with Crippen molar-refractivity contribution in [1.82, 2.24) is 43.4 Å². The predicted octanol–water partition coefficient (Wildman–Crippen LogP) is 14.7. The number of likely N-dealkylation sites (tertiary alicyclic amines) is 3. The van der Waals surface area contributed by atoms with Crippen LogP contribution >= 0.6 is 0 Å². The number of hydrogen-bond acceptors (Lipinski definition) is 9. The molecule has 3 saturated heterocycles. The summed E-state index contributed by atoms with van der Waals surface area (Å²) in [6.07, 6.45) is 39.7. The zero-order valence-electron chi connectivity index (χ0n) is 52.7. The van der Waals surface area contributed by atoms with Crippen molar-refractivity contribution in [1.29, 1.82) is 0 Å². The third-order valence-electron chi connectivity index (χ3n) is 25.3. The molecule has 9 fully saturated rings. The van der Waals surface area contributed by atoms with Crippen LogP contribution in [-0.4, -0.2) is 102 Å². The van der Waals surface area contributed by atoms with Gasteiger partial charge in [0.2, 0.25) is 0 Å². The maximum Gasteiger partial charge on any atom is 0.130 e. The molecular weight excluding hydrogens is 1060 g/mol. The maximum absolute atomic E-state index is 7.90. The van der Waals surface area contributed by atoms with Crippen LogP contribution in [0.15, 0.2) is 72.8 Å². The van der Waals surface area contributed by atoms with Gasteiger partial charge in [-0.3, -0.25) is 0 Å². The van der Waals surface area contributed by atoms with Gasteiger partial charge >= 0.3 is 0 Å². The standard InChI is InChI=1S/C74H108N12/c75-72(69-78-63-22-10-13-25-66(63)84(69)59-31-42-81(43-32-59)50-53-16-4-1-2-5-17-53)37-28-55(29-38-72)56-19-9-8-18-54(48-56)51-82-44-33-61(34-45-82)86-68-27-15-12-24-65(68)80-71(86)74(77)39-30-57(49-74)62-21-7-3-6-20-58(62)52-83-46-35-60(36-47-83)85-67-26-14-11-23-64(67)79-70(85)73(76)40-41-73/h10-15,22-27,53-62H,1-9,16-21,28-52,75-77H2. The van der Waals surface area contributed by atoms with Gasteiger partial charge in [0.1, 0.15) is 17.5 Å². The van der Waals surface area contributed by atoms with Gasteiger partial charge in [0.05, 0.1) is 49.7 Å². The van der Waals surface area contributed by atoms with Crippen LogP contribution in [0.5, 0.6) is 0 Å². The highest BCUT2D eigenvalue weighted by Crippen LogP contribution is 2.51. The van der Waals surface area contributed by atoms with Gasteiger partial charge in [-0.25, -0.2) is 15.0 Å². The number of nitrogens with zero attached hydrogens (tertiary/aromatic N) is 9. The molecule has 464 valence electrons. The van der Waals surface area contributed by atoms with Gasteiger partial charge in [0, 0.05) is 77.0 Å². The first kappa shape index (κ1) is 58.2. The van der Waals surface area contributed by atoms with Gasteiger partial charge in [-0.1, -0.05) is 101 Å². The highest BCUT2D eigenvalue weighted by atomic mass is 15.2. The molecule has 15 rings (SSSR count). The average molecular weight is 1170 g/mol. The summed E-state index contributed by atoms with van der Waals surface area (Å²) in [5, 5.41) is 0. The molecule has 6 saturated carbocycles. The number of piperidine rings is 3. The van der Waals surface area contributed by atoms with Crippen molar-refractivity contribution in [3.05, 3.63) is 90.3 Å².